The lowest BCUT2D eigenvalue weighted by Crippen LogP contribution is -2.60. The summed E-state index contributed by atoms with van der Waals surface area (Å²) in [6, 6.07) is -0.635. The minimum atomic E-state index is -1.43. The molecule has 1 rings (SSSR count). The van der Waals surface area contributed by atoms with E-state index in [1.165, 1.54) is 0 Å². The van der Waals surface area contributed by atoms with Crippen LogP contribution in [0.5, 0.6) is 0 Å². The van der Waals surface area contributed by atoms with Crippen molar-refractivity contribution >= 4 is 43.8 Å². The third kappa shape index (κ3) is 7.58. The molecule has 0 unspecified atom stereocenters. The molecule has 154 valence electrons. The number of carbonyl (C=O) groups is 2. The molecule has 0 aromatic rings. The molecule has 11 heteroatoms. The maximum absolute atomic E-state index is 12.0. The van der Waals surface area contributed by atoms with E-state index in [-0.39, 0.29) is 67.8 Å². The van der Waals surface area contributed by atoms with E-state index in [0.717, 1.165) is 6.42 Å². The van der Waals surface area contributed by atoms with Gasteiger partial charge >= 0.3 is 13.1 Å². The molecule has 1 amide bonds. The lowest BCUT2D eigenvalue weighted by molar-refractivity contribution is -0.148. The number of carboxylic acid groups (broad SMARTS) is 1. The summed E-state index contributed by atoms with van der Waals surface area (Å²) in [6.45, 7) is 3.86. The van der Waals surface area contributed by atoms with Gasteiger partial charge in [0, 0.05) is 12.5 Å². The second kappa shape index (κ2) is 12.0. The first kappa shape index (κ1) is 27.6. The lowest BCUT2D eigenvalue weighted by atomic mass is 9.66. The quantitative estimate of drug-likeness (QED) is 0.304. The highest BCUT2D eigenvalue weighted by Crippen LogP contribution is 2.38. The second-order valence-corrected chi connectivity index (χ2v) is 7.26. The average Bonchev–Trinajstić information content (AvgIpc) is 2.50. The molecule has 0 aromatic carbocycles. The Bertz CT molecular complexity index is 459. The fraction of sp³-hybridized carbons (Fsp3) is 0.867. The predicted molar refractivity (Wildman–Crippen MR) is 105 cm³/mol. The summed E-state index contributed by atoms with van der Waals surface area (Å²) in [4.78, 5) is 23.7. The monoisotopic (exact) mass is 415 g/mol. The SMILES string of the molecule is CC(C)[C@H](N)C(=O)NC[C@@H]1CC[C@@H](CCB(O)O)C[C@]1(N)C(=O)O.Cl.Cl. The number of rotatable bonds is 8. The van der Waals surface area contributed by atoms with Gasteiger partial charge in [-0.2, -0.15) is 0 Å². The first-order valence-corrected chi connectivity index (χ1v) is 8.49. The van der Waals surface area contributed by atoms with Crippen LogP contribution in [0.25, 0.3) is 0 Å². The summed E-state index contributed by atoms with van der Waals surface area (Å²) in [5.41, 5.74) is 10.5. The molecular formula is C15H32BCl2N3O5. The topological polar surface area (TPSA) is 159 Å². The van der Waals surface area contributed by atoms with Gasteiger partial charge in [-0.25, -0.2) is 0 Å². The van der Waals surface area contributed by atoms with Crippen molar-refractivity contribution in [3.8, 4) is 0 Å². The Balaban J connectivity index is 0. The largest absolute Gasteiger partial charge is 0.480 e. The van der Waals surface area contributed by atoms with Crippen molar-refractivity contribution in [2.75, 3.05) is 6.54 Å². The zero-order valence-electron chi connectivity index (χ0n) is 15.3. The molecule has 0 radical (unpaired) electrons. The average molecular weight is 416 g/mol. The van der Waals surface area contributed by atoms with Gasteiger partial charge in [0.1, 0.15) is 5.54 Å². The molecule has 0 bridgehead atoms. The van der Waals surface area contributed by atoms with Crippen LogP contribution in [-0.4, -0.2) is 52.3 Å². The van der Waals surface area contributed by atoms with Gasteiger partial charge in [-0.3, -0.25) is 9.59 Å². The van der Waals surface area contributed by atoms with Gasteiger partial charge in [0.15, 0.2) is 0 Å². The van der Waals surface area contributed by atoms with Crippen molar-refractivity contribution in [1.82, 2.24) is 5.32 Å². The van der Waals surface area contributed by atoms with Gasteiger partial charge in [0.25, 0.3) is 0 Å². The van der Waals surface area contributed by atoms with Gasteiger partial charge in [-0.15, -0.1) is 24.8 Å². The number of aliphatic carboxylic acids is 1. The molecule has 0 aliphatic heterocycles. The molecule has 8 nitrogen and oxygen atoms in total. The zero-order valence-corrected chi connectivity index (χ0v) is 16.9. The van der Waals surface area contributed by atoms with Gasteiger partial charge in [0.2, 0.25) is 5.91 Å². The van der Waals surface area contributed by atoms with E-state index in [9.17, 15) is 14.7 Å². The van der Waals surface area contributed by atoms with Crippen LogP contribution in [0.1, 0.15) is 39.5 Å². The Morgan fingerprint density at radius 3 is 2.31 bits per heavy atom. The summed E-state index contributed by atoms with van der Waals surface area (Å²) >= 11 is 0. The smallest absolute Gasteiger partial charge is 0.451 e. The minimum absolute atomic E-state index is 0. The Morgan fingerprint density at radius 1 is 1.27 bits per heavy atom. The molecule has 4 atom stereocenters. The fourth-order valence-electron chi connectivity index (χ4n) is 3.26. The number of halogens is 2. The number of carbonyl (C=O) groups excluding carboxylic acids is 1. The van der Waals surface area contributed by atoms with Crippen LogP contribution < -0.4 is 16.8 Å². The third-order valence-electron chi connectivity index (χ3n) is 5.05. The summed E-state index contributed by atoms with van der Waals surface area (Å²) in [6.07, 6.45) is 2.28. The van der Waals surface area contributed by atoms with Crippen LogP contribution in [0.2, 0.25) is 6.32 Å². The lowest BCUT2D eigenvalue weighted by Gasteiger charge is -2.41. The van der Waals surface area contributed by atoms with Gasteiger partial charge in [-0.05, 0) is 37.4 Å². The number of nitrogens with two attached hydrogens (primary N) is 2. The third-order valence-corrected chi connectivity index (χ3v) is 5.05. The highest BCUT2D eigenvalue weighted by Gasteiger charge is 2.47. The summed E-state index contributed by atoms with van der Waals surface area (Å²) in [5, 5.41) is 30.2. The molecule has 26 heavy (non-hydrogen) atoms. The van der Waals surface area contributed by atoms with E-state index in [4.69, 9.17) is 21.5 Å². The van der Waals surface area contributed by atoms with Crippen LogP contribution in [0.15, 0.2) is 0 Å². The van der Waals surface area contributed by atoms with Crippen molar-refractivity contribution < 1.29 is 24.7 Å². The second-order valence-electron chi connectivity index (χ2n) is 7.26. The van der Waals surface area contributed by atoms with Gasteiger partial charge in [0.05, 0.1) is 6.04 Å². The first-order valence-electron chi connectivity index (χ1n) is 8.49. The Hall–Kier alpha value is -0.575. The van der Waals surface area contributed by atoms with E-state index in [1.807, 2.05) is 13.8 Å². The molecule has 1 fully saturated rings. The molecular weight excluding hydrogens is 384 g/mol. The van der Waals surface area contributed by atoms with E-state index < -0.39 is 24.7 Å². The molecule has 0 heterocycles. The minimum Gasteiger partial charge on any atom is -0.480 e. The number of amides is 1. The van der Waals surface area contributed by atoms with Crippen molar-refractivity contribution in [3.63, 3.8) is 0 Å². The van der Waals surface area contributed by atoms with E-state index >= 15 is 0 Å². The Kier molecular flexibility index (Phi) is 12.8. The van der Waals surface area contributed by atoms with Crippen molar-refractivity contribution in [2.24, 2.45) is 29.2 Å². The fourth-order valence-corrected chi connectivity index (χ4v) is 3.26. The highest BCUT2D eigenvalue weighted by molar-refractivity contribution is 6.40. The van der Waals surface area contributed by atoms with Crippen LogP contribution in [0.4, 0.5) is 0 Å². The Labute approximate surface area is 167 Å². The molecule has 0 aromatic heterocycles. The summed E-state index contributed by atoms with van der Waals surface area (Å²) in [5.74, 6) is -1.76. The maximum atomic E-state index is 12.0. The number of hydrogen-bond acceptors (Lipinski definition) is 6. The van der Waals surface area contributed by atoms with Crippen LogP contribution in [0, 0.1) is 17.8 Å². The van der Waals surface area contributed by atoms with Crippen molar-refractivity contribution in [2.45, 2.75) is 57.4 Å². The van der Waals surface area contributed by atoms with Crippen LogP contribution in [0.3, 0.4) is 0 Å². The number of hydrogen-bond donors (Lipinski definition) is 6. The number of carboxylic acids is 1. The highest BCUT2D eigenvalue weighted by atomic mass is 35.5. The van der Waals surface area contributed by atoms with Crippen molar-refractivity contribution in [3.05, 3.63) is 0 Å². The van der Waals surface area contributed by atoms with Gasteiger partial charge in [-0.1, -0.05) is 20.3 Å². The molecule has 0 spiro atoms. The summed E-state index contributed by atoms with van der Waals surface area (Å²) < 4.78 is 0. The molecule has 1 aliphatic carbocycles. The van der Waals surface area contributed by atoms with E-state index in [2.05, 4.69) is 5.32 Å². The summed E-state index contributed by atoms with van der Waals surface area (Å²) in [7, 11) is -1.39. The van der Waals surface area contributed by atoms with Gasteiger partial charge < -0.3 is 31.9 Å². The standard InChI is InChI=1S/C15H30BN3O5.2ClH/c1-9(2)12(17)13(20)19-8-11-4-3-10(5-6-16(23)24)7-15(11,18)14(21)22;;/h9-12,23-24H,3-8,17-18H2,1-2H3,(H,19,20)(H,21,22);2*1H/t10-,11-,12-,15+;;/m0../s1. The van der Waals surface area contributed by atoms with Crippen molar-refractivity contribution in [1.29, 1.82) is 0 Å². The van der Waals surface area contributed by atoms with E-state index in [1.54, 1.807) is 0 Å². The molecule has 1 aliphatic rings. The zero-order chi connectivity index (χ0) is 18.5. The number of nitrogens with one attached hydrogen (secondary N) is 1. The maximum Gasteiger partial charge on any atom is 0.451 e. The van der Waals surface area contributed by atoms with Crippen LogP contribution >= 0.6 is 24.8 Å². The normalized spacial score (nSPS) is 26.3. The first-order chi connectivity index (χ1) is 11.1. The predicted octanol–water partition coefficient (Wildman–Crippen LogP) is -0.00920. The van der Waals surface area contributed by atoms with E-state index in [0.29, 0.717) is 12.8 Å². The molecule has 0 saturated heterocycles. The molecule has 1 saturated carbocycles. The Morgan fingerprint density at radius 2 is 1.85 bits per heavy atom. The van der Waals surface area contributed by atoms with Crippen LogP contribution in [-0.2, 0) is 9.59 Å². The molecule has 8 N–H and O–H groups in total.